The lowest BCUT2D eigenvalue weighted by Crippen LogP contribution is -2.42. The van der Waals surface area contributed by atoms with Gasteiger partial charge in [0.25, 0.3) is 0 Å². The average Bonchev–Trinajstić information content (AvgIpc) is 2.48. The van der Waals surface area contributed by atoms with Gasteiger partial charge in [0.2, 0.25) is 0 Å². The Labute approximate surface area is 142 Å². The van der Waals surface area contributed by atoms with E-state index in [-0.39, 0.29) is 11.6 Å². The molecule has 0 aliphatic carbocycles. The van der Waals surface area contributed by atoms with Crippen LogP contribution in [0.2, 0.25) is 0 Å². The van der Waals surface area contributed by atoms with Gasteiger partial charge in [0.15, 0.2) is 5.11 Å². The first-order chi connectivity index (χ1) is 10.9. The molecule has 5 heteroatoms. The van der Waals surface area contributed by atoms with Crippen LogP contribution >= 0.6 is 12.2 Å². The molecule has 0 saturated heterocycles. The minimum atomic E-state index is -0.232. The first-order valence-corrected chi connectivity index (χ1v) is 8.12. The molecule has 23 heavy (non-hydrogen) atoms. The van der Waals surface area contributed by atoms with Crippen molar-refractivity contribution in [3.05, 3.63) is 53.7 Å². The summed E-state index contributed by atoms with van der Waals surface area (Å²) >= 11 is 5.45. The van der Waals surface area contributed by atoms with E-state index in [2.05, 4.69) is 35.5 Å². The maximum absolute atomic E-state index is 6.05. The highest BCUT2D eigenvalue weighted by Gasteiger charge is 2.33. The summed E-state index contributed by atoms with van der Waals surface area (Å²) in [5.41, 5.74) is 2.02. The van der Waals surface area contributed by atoms with Gasteiger partial charge >= 0.3 is 0 Å². The highest BCUT2D eigenvalue weighted by atomic mass is 32.1. The quantitative estimate of drug-likeness (QED) is 0.817. The Morgan fingerprint density at radius 2 is 2.04 bits per heavy atom. The standard InChI is InChI=1S/C18H21N3OS/c1-12-8-9-16(19-11-12)21-17(23)20-14-10-18(2,3)22-15-7-5-4-6-13(14)15/h4-9,11,14H,10H2,1-3H3,(H2,19,20,21,23)/t14-/m1/s1. The van der Waals surface area contributed by atoms with Gasteiger partial charge in [0.05, 0.1) is 6.04 Å². The van der Waals surface area contributed by atoms with Gasteiger partial charge in [-0.05, 0) is 50.7 Å². The predicted molar refractivity (Wildman–Crippen MR) is 96.8 cm³/mol. The molecule has 3 rings (SSSR count). The van der Waals surface area contributed by atoms with E-state index in [1.807, 2.05) is 43.5 Å². The minimum Gasteiger partial charge on any atom is -0.487 e. The number of hydrogen-bond donors (Lipinski definition) is 2. The van der Waals surface area contributed by atoms with Gasteiger partial charge < -0.3 is 15.4 Å². The van der Waals surface area contributed by atoms with E-state index in [0.29, 0.717) is 5.11 Å². The molecule has 0 radical (unpaired) electrons. The van der Waals surface area contributed by atoms with Crippen LogP contribution in [-0.4, -0.2) is 15.7 Å². The lowest BCUT2D eigenvalue weighted by atomic mass is 9.90. The van der Waals surface area contributed by atoms with E-state index < -0.39 is 0 Å². The zero-order chi connectivity index (χ0) is 16.4. The number of hydrogen-bond acceptors (Lipinski definition) is 3. The second kappa shape index (κ2) is 6.16. The summed E-state index contributed by atoms with van der Waals surface area (Å²) in [5, 5.41) is 7.11. The number of pyridine rings is 1. The number of anilines is 1. The smallest absolute Gasteiger partial charge is 0.172 e. The summed E-state index contributed by atoms with van der Waals surface area (Å²) in [4.78, 5) is 4.32. The Balaban J connectivity index is 1.74. The molecular formula is C18H21N3OS. The van der Waals surface area contributed by atoms with Crippen molar-refractivity contribution < 1.29 is 4.74 Å². The fourth-order valence-electron chi connectivity index (χ4n) is 2.78. The molecule has 0 spiro atoms. The third kappa shape index (κ3) is 3.79. The molecule has 0 fully saturated rings. The zero-order valence-corrected chi connectivity index (χ0v) is 14.4. The van der Waals surface area contributed by atoms with Crippen LogP contribution < -0.4 is 15.4 Å². The second-order valence-electron chi connectivity index (χ2n) is 6.48. The van der Waals surface area contributed by atoms with Crippen LogP contribution in [0.15, 0.2) is 42.6 Å². The van der Waals surface area contributed by atoms with Gasteiger partial charge in [-0.2, -0.15) is 0 Å². The Kier molecular flexibility index (Phi) is 4.22. The summed E-state index contributed by atoms with van der Waals surface area (Å²) in [6.45, 7) is 6.19. The lowest BCUT2D eigenvalue weighted by molar-refractivity contribution is 0.0697. The summed E-state index contributed by atoms with van der Waals surface area (Å²) in [7, 11) is 0. The fourth-order valence-corrected chi connectivity index (χ4v) is 3.03. The number of aromatic nitrogens is 1. The van der Waals surface area contributed by atoms with Gasteiger partial charge in [-0.15, -0.1) is 0 Å². The van der Waals surface area contributed by atoms with Crippen molar-refractivity contribution in [2.24, 2.45) is 0 Å². The molecule has 0 saturated carbocycles. The molecule has 2 N–H and O–H groups in total. The second-order valence-corrected chi connectivity index (χ2v) is 6.88. The normalized spacial score (nSPS) is 18.5. The van der Waals surface area contributed by atoms with Crippen LogP contribution in [0.1, 0.15) is 37.4 Å². The maximum atomic E-state index is 6.05. The number of nitrogens with zero attached hydrogens (tertiary/aromatic N) is 1. The summed E-state index contributed by atoms with van der Waals surface area (Å²) < 4.78 is 6.05. The molecule has 120 valence electrons. The monoisotopic (exact) mass is 327 g/mol. The van der Waals surface area contributed by atoms with E-state index in [0.717, 1.165) is 29.1 Å². The van der Waals surface area contributed by atoms with Crippen LogP contribution in [0, 0.1) is 6.92 Å². The fraction of sp³-hybridized carbons (Fsp3) is 0.333. The number of benzene rings is 1. The Morgan fingerprint density at radius 3 is 2.78 bits per heavy atom. The molecule has 2 aromatic rings. The topological polar surface area (TPSA) is 46.2 Å². The van der Waals surface area contributed by atoms with Crippen LogP contribution in [0.25, 0.3) is 0 Å². The van der Waals surface area contributed by atoms with Gasteiger partial charge in [-0.1, -0.05) is 24.3 Å². The summed E-state index contributed by atoms with van der Waals surface area (Å²) in [6.07, 6.45) is 2.66. The van der Waals surface area contributed by atoms with Crippen LogP contribution in [0.5, 0.6) is 5.75 Å². The largest absolute Gasteiger partial charge is 0.487 e. The Bertz CT molecular complexity index is 712. The molecule has 1 aromatic heterocycles. The summed E-state index contributed by atoms with van der Waals surface area (Å²) in [5.74, 6) is 1.66. The molecule has 4 nitrogen and oxygen atoms in total. The lowest BCUT2D eigenvalue weighted by Gasteiger charge is -2.38. The number of ether oxygens (including phenoxy) is 1. The highest BCUT2D eigenvalue weighted by Crippen LogP contribution is 2.39. The third-order valence-corrected chi connectivity index (χ3v) is 4.05. The molecule has 1 aromatic carbocycles. The van der Waals surface area contributed by atoms with E-state index in [1.54, 1.807) is 0 Å². The molecule has 0 unspecified atom stereocenters. The highest BCUT2D eigenvalue weighted by molar-refractivity contribution is 7.80. The van der Waals surface area contributed by atoms with Gasteiger partial charge in [-0.3, -0.25) is 0 Å². The van der Waals surface area contributed by atoms with E-state index >= 15 is 0 Å². The number of nitrogens with one attached hydrogen (secondary N) is 2. The first-order valence-electron chi connectivity index (χ1n) is 7.71. The van der Waals surface area contributed by atoms with Gasteiger partial charge in [0, 0.05) is 18.2 Å². The van der Waals surface area contributed by atoms with Crippen molar-refractivity contribution in [2.75, 3.05) is 5.32 Å². The Morgan fingerprint density at radius 1 is 1.26 bits per heavy atom. The average molecular weight is 327 g/mol. The first kappa shape index (κ1) is 15.7. The van der Waals surface area contributed by atoms with Gasteiger partial charge in [0.1, 0.15) is 17.2 Å². The zero-order valence-electron chi connectivity index (χ0n) is 13.6. The molecule has 0 amide bonds. The predicted octanol–water partition coefficient (Wildman–Crippen LogP) is 3.98. The third-order valence-electron chi connectivity index (χ3n) is 3.83. The minimum absolute atomic E-state index is 0.111. The van der Waals surface area contributed by atoms with Gasteiger partial charge in [-0.25, -0.2) is 4.98 Å². The maximum Gasteiger partial charge on any atom is 0.172 e. The van der Waals surface area contributed by atoms with Crippen molar-refractivity contribution in [1.29, 1.82) is 0 Å². The van der Waals surface area contributed by atoms with Crippen LogP contribution in [0.3, 0.4) is 0 Å². The van der Waals surface area contributed by atoms with E-state index in [4.69, 9.17) is 17.0 Å². The molecule has 1 aliphatic heterocycles. The molecule has 2 heterocycles. The Hall–Kier alpha value is -2.14. The molecule has 0 bridgehead atoms. The van der Waals surface area contributed by atoms with Crippen LogP contribution in [0.4, 0.5) is 5.82 Å². The van der Waals surface area contributed by atoms with E-state index in [9.17, 15) is 0 Å². The molecular weight excluding hydrogens is 306 g/mol. The van der Waals surface area contributed by atoms with Crippen molar-refractivity contribution in [1.82, 2.24) is 10.3 Å². The van der Waals surface area contributed by atoms with E-state index in [1.165, 1.54) is 0 Å². The summed E-state index contributed by atoms with van der Waals surface area (Å²) in [6, 6.07) is 12.1. The van der Waals surface area contributed by atoms with Crippen LogP contribution in [-0.2, 0) is 0 Å². The van der Waals surface area contributed by atoms with Crippen molar-refractivity contribution in [2.45, 2.75) is 38.8 Å². The molecule has 1 atom stereocenters. The number of para-hydroxylation sites is 1. The SMILES string of the molecule is Cc1ccc(NC(=S)N[C@@H]2CC(C)(C)Oc3ccccc32)nc1. The van der Waals surface area contributed by atoms with Crippen molar-refractivity contribution in [3.63, 3.8) is 0 Å². The number of thiocarbonyl (C=S) groups is 1. The molecule has 1 aliphatic rings. The van der Waals surface area contributed by atoms with Crippen molar-refractivity contribution >= 4 is 23.1 Å². The number of rotatable bonds is 2. The number of fused-ring (bicyclic) bond motifs is 1. The number of aryl methyl sites for hydroxylation is 1. The van der Waals surface area contributed by atoms with Crippen molar-refractivity contribution in [3.8, 4) is 5.75 Å².